The van der Waals surface area contributed by atoms with Gasteiger partial charge < -0.3 is 9.47 Å². The Morgan fingerprint density at radius 1 is 0.947 bits per heavy atom. The zero-order valence-electron chi connectivity index (χ0n) is 19.9. The van der Waals surface area contributed by atoms with Crippen LogP contribution in [0.25, 0.3) is 28.0 Å². The van der Waals surface area contributed by atoms with Crippen molar-refractivity contribution in [2.75, 3.05) is 5.32 Å². The highest BCUT2D eigenvalue weighted by Gasteiger charge is 2.31. The molecule has 1 amide bonds. The van der Waals surface area contributed by atoms with Crippen LogP contribution in [0.5, 0.6) is 5.75 Å². The van der Waals surface area contributed by atoms with E-state index in [-0.39, 0.29) is 5.75 Å². The van der Waals surface area contributed by atoms with Crippen LogP contribution in [0.4, 0.5) is 23.7 Å². The van der Waals surface area contributed by atoms with Gasteiger partial charge in [-0.25, -0.2) is 19.4 Å². The normalized spacial score (nSPS) is 12.2. The van der Waals surface area contributed by atoms with Gasteiger partial charge in [-0.15, -0.1) is 18.3 Å². The number of amides is 1. The molecule has 5 rings (SSSR count). The molecule has 5 aromatic rings. The molecular formula is C27H20F3N5O3. The SMILES string of the molecule is CC(OC(=O)Nc1ccc(-c2ncn(-c3ccc(OC(F)(F)F)cc3)n2)cc1)c1ccc2ccccc2n1. The minimum absolute atomic E-state index is 0.328. The number of para-hydroxylation sites is 1. The first kappa shape index (κ1) is 24.8. The molecule has 2 aromatic heterocycles. The van der Waals surface area contributed by atoms with Gasteiger partial charge in [-0.3, -0.25) is 5.32 Å². The fourth-order valence-corrected chi connectivity index (χ4v) is 3.70. The van der Waals surface area contributed by atoms with Crippen LogP contribution < -0.4 is 10.1 Å². The maximum atomic E-state index is 12.4. The van der Waals surface area contributed by atoms with Gasteiger partial charge in [-0.1, -0.05) is 24.3 Å². The average Bonchev–Trinajstić information content (AvgIpc) is 3.38. The minimum atomic E-state index is -4.76. The molecule has 0 spiro atoms. The van der Waals surface area contributed by atoms with Crippen LogP contribution in [0.1, 0.15) is 18.7 Å². The molecule has 0 radical (unpaired) electrons. The molecule has 0 aliphatic heterocycles. The van der Waals surface area contributed by atoms with Gasteiger partial charge in [-0.05, 0) is 67.6 Å². The lowest BCUT2D eigenvalue weighted by molar-refractivity contribution is -0.274. The van der Waals surface area contributed by atoms with Crippen LogP contribution in [0.15, 0.2) is 91.3 Å². The molecule has 192 valence electrons. The van der Waals surface area contributed by atoms with Crippen molar-refractivity contribution in [1.82, 2.24) is 19.7 Å². The number of ether oxygens (including phenoxy) is 2. The van der Waals surface area contributed by atoms with Crippen LogP contribution in [0, 0.1) is 0 Å². The number of hydrogen-bond donors (Lipinski definition) is 1. The van der Waals surface area contributed by atoms with Crippen molar-refractivity contribution < 1.29 is 27.4 Å². The summed E-state index contributed by atoms with van der Waals surface area (Å²) in [6, 6.07) is 23.5. The first-order valence-electron chi connectivity index (χ1n) is 11.5. The summed E-state index contributed by atoms with van der Waals surface area (Å²) in [6.45, 7) is 1.75. The summed E-state index contributed by atoms with van der Waals surface area (Å²) in [7, 11) is 0. The van der Waals surface area contributed by atoms with E-state index in [0.717, 1.165) is 10.9 Å². The van der Waals surface area contributed by atoms with Gasteiger partial charge in [0.05, 0.1) is 16.9 Å². The maximum absolute atomic E-state index is 12.4. The third kappa shape index (κ3) is 5.89. The van der Waals surface area contributed by atoms with Crippen molar-refractivity contribution in [3.05, 3.63) is 97.0 Å². The molecule has 0 saturated heterocycles. The highest BCUT2D eigenvalue weighted by Crippen LogP contribution is 2.25. The van der Waals surface area contributed by atoms with Crippen molar-refractivity contribution in [2.45, 2.75) is 19.4 Å². The van der Waals surface area contributed by atoms with Gasteiger partial charge in [0.15, 0.2) is 5.82 Å². The number of aromatic nitrogens is 4. The highest BCUT2D eigenvalue weighted by molar-refractivity contribution is 5.85. The van der Waals surface area contributed by atoms with Gasteiger partial charge >= 0.3 is 12.5 Å². The summed E-state index contributed by atoms with van der Waals surface area (Å²) in [5.41, 5.74) is 3.15. The van der Waals surface area contributed by atoms with Crippen LogP contribution in [0.2, 0.25) is 0 Å². The van der Waals surface area contributed by atoms with Gasteiger partial charge in [-0.2, -0.15) is 0 Å². The monoisotopic (exact) mass is 519 g/mol. The maximum Gasteiger partial charge on any atom is 0.573 e. The van der Waals surface area contributed by atoms with Crippen molar-refractivity contribution >= 4 is 22.7 Å². The molecule has 2 heterocycles. The van der Waals surface area contributed by atoms with Crippen LogP contribution >= 0.6 is 0 Å². The van der Waals surface area contributed by atoms with Crippen molar-refractivity contribution in [3.8, 4) is 22.8 Å². The lowest BCUT2D eigenvalue weighted by Gasteiger charge is -2.14. The minimum Gasteiger partial charge on any atom is -0.440 e. The first-order valence-corrected chi connectivity index (χ1v) is 11.5. The van der Waals surface area contributed by atoms with Crippen molar-refractivity contribution in [3.63, 3.8) is 0 Å². The van der Waals surface area contributed by atoms with E-state index in [9.17, 15) is 18.0 Å². The molecule has 11 heteroatoms. The van der Waals surface area contributed by atoms with Crippen LogP contribution in [-0.4, -0.2) is 32.2 Å². The topological polar surface area (TPSA) is 91.2 Å². The molecule has 0 fully saturated rings. The molecule has 1 unspecified atom stereocenters. The molecule has 0 aliphatic rings. The summed E-state index contributed by atoms with van der Waals surface area (Å²) in [6.07, 6.45) is -4.49. The van der Waals surface area contributed by atoms with Gasteiger partial charge in [0.1, 0.15) is 18.2 Å². The van der Waals surface area contributed by atoms with Crippen molar-refractivity contribution in [1.29, 1.82) is 0 Å². The molecule has 0 bridgehead atoms. The summed E-state index contributed by atoms with van der Waals surface area (Å²) in [4.78, 5) is 21.2. The number of carbonyl (C=O) groups excluding carboxylic acids is 1. The zero-order valence-corrected chi connectivity index (χ0v) is 19.9. The summed E-state index contributed by atoms with van der Waals surface area (Å²) in [5, 5.41) is 8.05. The van der Waals surface area contributed by atoms with Crippen LogP contribution in [0.3, 0.4) is 0 Å². The van der Waals surface area contributed by atoms with E-state index in [1.165, 1.54) is 35.3 Å². The van der Waals surface area contributed by atoms with E-state index in [4.69, 9.17) is 4.74 Å². The largest absolute Gasteiger partial charge is 0.573 e. The van der Waals surface area contributed by atoms with Gasteiger partial charge in [0, 0.05) is 16.6 Å². The van der Waals surface area contributed by atoms with Gasteiger partial charge in [0.2, 0.25) is 0 Å². The third-order valence-electron chi connectivity index (χ3n) is 5.54. The van der Waals surface area contributed by atoms with E-state index in [1.807, 2.05) is 36.4 Å². The lowest BCUT2D eigenvalue weighted by Crippen LogP contribution is -2.17. The Balaban J connectivity index is 1.20. The summed E-state index contributed by atoms with van der Waals surface area (Å²) < 4.78 is 47.8. The lowest BCUT2D eigenvalue weighted by atomic mass is 10.1. The number of pyridine rings is 1. The first-order chi connectivity index (χ1) is 18.2. The Kier molecular flexibility index (Phi) is 6.65. The number of carbonyl (C=O) groups is 1. The fraction of sp³-hybridized carbons (Fsp3) is 0.111. The number of benzene rings is 3. The number of rotatable bonds is 6. The Morgan fingerprint density at radius 3 is 2.42 bits per heavy atom. The molecule has 0 saturated carbocycles. The smallest absolute Gasteiger partial charge is 0.440 e. The molecule has 1 atom stereocenters. The number of nitrogens with zero attached hydrogens (tertiary/aromatic N) is 4. The molecule has 38 heavy (non-hydrogen) atoms. The van der Waals surface area contributed by atoms with E-state index in [2.05, 4.69) is 25.1 Å². The molecule has 3 aromatic carbocycles. The number of anilines is 1. The van der Waals surface area contributed by atoms with E-state index < -0.39 is 18.6 Å². The number of nitrogens with one attached hydrogen (secondary N) is 1. The number of alkyl halides is 3. The average molecular weight is 519 g/mol. The molecular weight excluding hydrogens is 499 g/mol. The van der Waals surface area contributed by atoms with Crippen LogP contribution in [-0.2, 0) is 4.74 Å². The van der Waals surface area contributed by atoms with Crippen molar-refractivity contribution in [2.24, 2.45) is 0 Å². The Bertz CT molecular complexity index is 1570. The molecule has 8 nitrogen and oxygen atoms in total. The Hall–Kier alpha value is -4.93. The molecule has 0 aliphatic carbocycles. The van der Waals surface area contributed by atoms with Gasteiger partial charge in [0.25, 0.3) is 0 Å². The predicted molar refractivity (Wildman–Crippen MR) is 134 cm³/mol. The Labute approximate surface area is 214 Å². The Morgan fingerprint density at radius 2 is 1.68 bits per heavy atom. The van der Waals surface area contributed by atoms with E-state index in [1.54, 1.807) is 31.2 Å². The van der Waals surface area contributed by atoms with E-state index >= 15 is 0 Å². The number of halogens is 3. The number of fused-ring (bicyclic) bond motifs is 1. The second kappa shape index (κ2) is 10.2. The standard InChI is InChI=1S/C27H20F3N5O3/c1-17(23-15-8-18-4-2-3-5-24(18)33-23)37-26(36)32-20-9-6-19(7-10-20)25-31-16-35(34-25)21-11-13-22(14-12-21)38-27(28,29)30/h2-17H,1H3,(H,32,36). The van der Waals surface area contributed by atoms with E-state index in [0.29, 0.717) is 28.5 Å². The zero-order chi connectivity index (χ0) is 26.7. The second-order valence-corrected chi connectivity index (χ2v) is 8.23. The predicted octanol–water partition coefficient (Wildman–Crippen LogP) is 6.69. The quantitative estimate of drug-likeness (QED) is 0.269. The number of hydrogen-bond acceptors (Lipinski definition) is 6. The third-order valence-corrected chi connectivity index (χ3v) is 5.54. The highest BCUT2D eigenvalue weighted by atomic mass is 19.4. The summed E-state index contributed by atoms with van der Waals surface area (Å²) in [5.74, 6) is 0.0665. The molecule has 1 N–H and O–H groups in total. The second-order valence-electron chi connectivity index (χ2n) is 8.23. The summed E-state index contributed by atoms with van der Waals surface area (Å²) >= 11 is 0. The fourth-order valence-electron chi connectivity index (χ4n) is 3.70.